The Bertz CT molecular complexity index is 246. The lowest BCUT2D eigenvalue weighted by molar-refractivity contribution is -0.146. The van der Waals surface area contributed by atoms with Crippen molar-refractivity contribution >= 4 is 11.8 Å². The van der Waals surface area contributed by atoms with Gasteiger partial charge in [0.2, 0.25) is 0 Å². The number of aliphatic carboxylic acids is 1. The molecule has 0 fully saturated rings. The number of carboxylic acid groups (broad SMARTS) is 1. The molecule has 74 valence electrons. The zero-order chi connectivity index (χ0) is 10.1. The Morgan fingerprint density at radius 3 is 2.69 bits per heavy atom. The van der Waals surface area contributed by atoms with E-state index >= 15 is 0 Å². The summed E-state index contributed by atoms with van der Waals surface area (Å²) in [5.74, 6) is 0.142. The second kappa shape index (κ2) is 3.36. The SMILES string of the molecule is CN1CCN=C1CC(C)(C)C(=O)O. The van der Waals surface area contributed by atoms with Crippen molar-refractivity contribution in [2.24, 2.45) is 10.4 Å². The first-order valence-corrected chi connectivity index (χ1v) is 4.41. The average molecular weight is 184 g/mol. The summed E-state index contributed by atoms with van der Waals surface area (Å²) in [5, 5.41) is 8.91. The fourth-order valence-electron chi connectivity index (χ4n) is 1.24. The van der Waals surface area contributed by atoms with Crippen LogP contribution in [0.5, 0.6) is 0 Å². The summed E-state index contributed by atoms with van der Waals surface area (Å²) in [4.78, 5) is 17.1. The molecule has 0 aromatic rings. The van der Waals surface area contributed by atoms with Gasteiger partial charge in [-0.15, -0.1) is 0 Å². The number of hydrogen-bond acceptors (Lipinski definition) is 3. The van der Waals surface area contributed by atoms with Crippen LogP contribution in [0, 0.1) is 5.41 Å². The average Bonchev–Trinajstić information content (AvgIpc) is 2.35. The highest BCUT2D eigenvalue weighted by Crippen LogP contribution is 2.23. The van der Waals surface area contributed by atoms with Crippen molar-refractivity contribution < 1.29 is 9.90 Å². The molecule has 1 aliphatic heterocycles. The molecule has 0 saturated carbocycles. The van der Waals surface area contributed by atoms with Crippen molar-refractivity contribution in [3.05, 3.63) is 0 Å². The summed E-state index contributed by atoms with van der Waals surface area (Å²) in [7, 11) is 1.95. The van der Waals surface area contributed by atoms with Gasteiger partial charge in [0.1, 0.15) is 0 Å². The van der Waals surface area contributed by atoms with Gasteiger partial charge in [-0.3, -0.25) is 9.79 Å². The van der Waals surface area contributed by atoms with Crippen molar-refractivity contribution in [1.82, 2.24) is 4.90 Å². The summed E-state index contributed by atoms with van der Waals surface area (Å²) in [6.45, 7) is 5.15. The predicted octanol–water partition coefficient (Wildman–Crippen LogP) is 0.831. The zero-order valence-electron chi connectivity index (χ0n) is 8.37. The van der Waals surface area contributed by atoms with E-state index < -0.39 is 11.4 Å². The summed E-state index contributed by atoms with van der Waals surface area (Å²) in [6, 6.07) is 0. The topological polar surface area (TPSA) is 52.9 Å². The van der Waals surface area contributed by atoms with Crippen molar-refractivity contribution in [1.29, 1.82) is 0 Å². The molecular weight excluding hydrogens is 168 g/mol. The number of rotatable bonds is 3. The molecule has 1 rings (SSSR count). The molecule has 0 aromatic carbocycles. The van der Waals surface area contributed by atoms with Gasteiger partial charge in [0.05, 0.1) is 17.8 Å². The highest BCUT2D eigenvalue weighted by Gasteiger charge is 2.31. The highest BCUT2D eigenvalue weighted by molar-refractivity contribution is 5.88. The maximum absolute atomic E-state index is 10.8. The van der Waals surface area contributed by atoms with E-state index in [1.54, 1.807) is 13.8 Å². The molecule has 0 amide bonds. The molecule has 0 atom stereocenters. The van der Waals surface area contributed by atoms with Gasteiger partial charge >= 0.3 is 5.97 Å². The Labute approximate surface area is 78.3 Å². The van der Waals surface area contributed by atoms with Gasteiger partial charge in [-0.1, -0.05) is 0 Å². The fourth-order valence-corrected chi connectivity index (χ4v) is 1.24. The molecular formula is C9H16N2O2. The normalized spacial score (nSPS) is 17.5. The molecule has 1 N–H and O–H groups in total. The minimum Gasteiger partial charge on any atom is -0.481 e. The monoisotopic (exact) mass is 184 g/mol. The van der Waals surface area contributed by atoms with Crippen LogP contribution in [0.4, 0.5) is 0 Å². The van der Waals surface area contributed by atoms with Crippen LogP contribution in [0.15, 0.2) is 4.99 Å². The third-order valence-corrected chi connectivity index (χ3v) is 2.35. The van der Waals surface area contributed by atoms with E-state index in [-0.39, 0.29) is 0 Å². The van der Waals surface area contributed by atoms with Crippen LogP contribution in [0.1, 0.15) is 20.3 Å². The third kappa shape index (κ3) is 2.20. The van der Waals surface area contributed by atoms with Crippen molar-refractivity contribution in [2.75, 3.05) is 20.1 Å². The molecule has 0 spiro atoms. The first-order valence-electron chi connectivity index (χ1n) is 4.41. The highest BCUT2D eigenvalue weighted by atomic mass is 16.4. The quantitative estimate of drug-likeness (QED) is 0.706. The van der Waals surface area contributed by atoms with Gasteiger partial charge in [-0.25, -0.2) is 0 Å². The third-order valence-electron chi connectivity index (χ3n) is 2.35. The van der Waals surface area contributed by atoms with E-state index in [9.17, 15) is 4.79 Å². The largest absolute Gasteiger partial charge is 0.481 e. The minimum absolute atomic E-state index is 0.513. The Kier molecular flexibility index (Phi) is 2.59. The molecule has 0 saturated heterocycles. The Morgan fingerprint density at radius 1 is 1.69 bits per heavy atom. The zero-order valence-corrected chi connectivity index (χ0v) is 8.37. The lowest BCUT2D eigenvalue weighted by Gasteiger charge is -2.22. The molecule has 0 unspecified atom stereocenters. The van der Waals surface area contributed by atoms with Crippen molar-refractivity contribution in [3.8, 4) is 0 Å². The van der Waals surface area contributed by atoms with E-state index in [1.807, 2.05) is 11.9 Å². The number of carboxylic acids is 1. The van der Waals surface area contributed by atoms with E-state index in [4.69, 9.17) is 5.11 Å². The second-order valence-electron chi connectivity index (χ2n) is 4.09. The lowest BCUT2D eigenvalue weighted by Crippen LogP contribution is -2.32. The molecule has 4 heteroatoms. The predicted molar refractivity (Wildman–Crippen MR) is 51.0 cm³/mol. The number of amidine groups is 1. The van der Waals surface area contributed by atoms with Gasteiger partial charge in [-0.2, -0.15) is 0 Å². The summed E-state index contributed by atoms with van der Waals surface area (Å²) < 4.78 is 0. The van der Waals surface area contributed by atoms with Crippen LogP contribution in [0.3, 0.4) is 0 Å². The lowest BCUT2D eigenvalue weighted by atomic mass is 9.89. The number of hydrogen-bond donors (Lipinski definition) is 1. The van der Waals surface area contributed by atoms with Crippen LogP contribution in [0.25, 0.3) is 0 Å². The molecule has 0 bridgehead atoms. The standard InChI is InChI=1S/C9H16N2O2/c1-9(2,8(12)13)6-7-10-4-5-11(7)3/h4-6H2,1-3H3,(H,12,13). The maximum atomic E-state index is 10.8. The van der Waals surface area contributed by atoms with E-state index in [2.05, 4.69) is 4.99 Å². The number of nitrogens with zero attached hydrogens (tertiary/aromatic N) is 2. The maximum Gasteiger partial charge on any atom is 0.309 e. The Hall–Kier alpha value is -1.06. The van der Waals surface area contributed by atoms with Crippen LogP contribution in [-0.4, -0.2) is 41.9 Å². The smallest absolute Gasteiger partial charge is 0.309 e. The number of aliphatic imine (C=N–C) groups is 1. The molecule has 1 heterocycles. The number of carbonyl (C=O) groups is 1. The van der Waals surface area contributed by atoms with Gasteiger partial charge < -0.3 is 10.0 Å². The molecule has 13 heavy (non-hydrogen) atoms. The van der Waals surface area contributed by atoms with Crippen LogP contribution < -0.4 is 0 Å². The Balaban J connectivity index is 2.63. The van der Waals surface area contributed by atoms with Gasteiger partial charge in [0, 0.05) is 20.0 Å². The molecule has 1 aliphatic rings. The first kappa shape index (κ1) is 10.0. The van der Waals surface area contributed by atoms with E-state index in [0.717, 1.165) is 18.9 Å². The van der Waals surface area contributed by atoms with Gasteiger partial charge in [0.15, 0.2) is 0 Å². The molecule has 0 aliphatic carbocycles. The van der Waals surface area contributed by atoms with Crippen LogP contribution >= 0.6 is 0 Å². The fraction of sp³-hybridized carbons (Fsp3) is 0.778. The summed E-state index contributed by atoms with van der Waals surface area (Å²) >= 11 is 0. The second-order valence-corrected chi connectivity index (χ2v) is 4.09. The molecule has 4 nitrogen and oxygen atoms in total. The molecule has 0 aromatic heterocycles. The van der Waals surface area contributed by atoms with Crippen molar-refractivity contribution in [2.45, 2.75) is 20.3 Å². The first-order chi connectivity index (χ1) is 5.93. The summed E-state index contributed by atoms with van der Waals surface area (Å²) in [6.07, 6.45) is 0.513. The van der Waals surface area contributed by atoms with Gasteiger partial charge in [-0.05, 0) is 13.8 Å². The van der Waals surface area contributed by atoms with Crippen LogP contribution in [-0.2, 0) is 4.79 Å². The van der Waals surface area contributed by atoms with Crippen molar-refractivity contribution in [3.63, 3.8) is 0 Å². The molecule has 0 radical (unpaired) electrons. The van der Waals surface area contributed by atoms with Crippen LogP contribution in [0.2, 0.25) is 0 Å². The van der Waals surface area contributed by atoms with E-state index in [0.29, 0.717) is 6.42 Å². The van der Waals surface area contributed by atoms with E-state index in [1.165, 1.54) is 0 Å². The Morgan fingerprint density at radius 2 is 2.31 bits per heavy atom. The number of likely N-dealkylation sites (N-methyl/N-ethyl adjacent to an activating group) is 1. The van der Waals surface area contributed by atoms with Gasteiger partial charge in [0.25, 0.3) is 0 Å². The minimum atomic E-state index is -0.768. The summed E-state index contributed by atoms with van der Waals surface area (Å²) in [5.41, 5.74) is -0.711.